The van der Waals surface area contributed by atoms with Gasteiger partial charge in [-0.05, 0) is 48.6 Å². The van der Waals surface area contributed by atoms with Crippen molar-refractivity contribution in [3.05, 3.63) is 64.7 Å². The summed E-state index contributed by atoms with van der Waals surface area (Å²) in [5, 5.41) is 15.1. The molecule has 8 nitrogen and oxygen atoms in total. The van der Waals surface area contributed by atoms with Gasteiger partial charge in [-0.1, -0.05) is 38.1 Å². The van der Waals surface area contributed by atoms with Gasteiger partial charge >= 0.3 is 0 Å². The van der Waals surface area contributed by atoms with Crippen molar-refractivity contribution in [1.29, 1.82) is 5.41 Å². The van der Waals surface area contributed by atoms with Gasteiger partial charge in [0.15, 0.2) is 5.96 Å². The molecule has 0 saturated carbocycles. The Balaban J connectivity index is 1.40. The van der Waals surface area contributed by atoms with E-state index in [0.717, 1.165) is 36.0 Å². The van der Waals surface area contributed by atoms with Gasteiger partial charge in [0.2, 0.25) is 5.91 Å². The van der Waals surface area contributed by atoms with Crippen molar-refractivity contribution in [2.24, 2.45) is 5.73 Å². The van der Waals surface area contributed by atoms with Crippen LogP contribution in [0.4, 0.5) is 0 Å². The van der Waals surface area contributed by atoms with Gasteiger partial charge in [0, 0.05) is 29.1 Å². The van der Waals surface area contributed by atoms with Crippen LogP contribution in [0.1, 0.15) is 78.7 Å². The normalized spacial score (nSPS) is 24.8. The highest BCUT2D eigenvalue weighted by atomic mass is 16.5. The average molecular weight is 476 g/mol. The standard InChI is InChI=1S/C27H33N5O3/c1-3-27(4-2)15-23(33)32(26(29)31-27)21-11-12-35-22-10-9-17(13-19(21)22)25(34)30-24-18-8-6-5-7-16(18)14-20(24)28/h5-10,13,20-21,24H,3-4,11-12,14-15,28H2,1-2H3,(H2,29,31)(H,30,34)/t20-,21-,24-/m1/s1. The second-order valence-electron chi connectivity index (χ2n) is 9.83. The molecule has 1 saturated heterocycles. The van der Waals surface area contributed by atoms with Crippen LogP contribution in [0.3, 0.4) is 0 Å². The number of carbonyl (C=O) groups is 2. The maximum atomic E-state index is 13.3. The highest BCUT2D eigenvalue weighted by molar-refractivity contribution is 6.00. The number of nitrogens with one attached hydrogen (secondary N) is 3. The summed E-state index contributed by atoms with van der Waals surface area (Å²) in [5.41, 5.74) is 9.42. The van der Waals surface area contributed by atoms with E-state index in [9.17, 15) is 9.59 Å². The number of fused-ring (bicyclic) bond motifs is 2. The van der Waals surface area contributed by atoms with Crippen molar-refractivity contribution in [2.45, 2.75) is 69.6 Å². The van der Waals surface area contributed by atoms with Crippen molar-refractivity contribution in [3.8, 4) is 5.75 Å². The SMILES string of the molecule is CCC1(CC)CC(=O)N([C@@H]2CCOc3ccc(C(=O)N[C@@H]4c5ccccc5C[C@H]4N)cc32)C(=N)N1. The first-order valence-corrected chi connectivity index (χ1v) is 12.5. The fraction of sp³-hybridized carbons (Fsp3) is 0.444. The number of hydrogen-bond acceptors (Lipinski definition) is 5. The zero-order valence-electron chi connectivity index (χ0n) is 20.3. The molecule has 2 aromatic rings. The third-order valence-corrected chi connectivity index (χ3v) is 7.89. The van der Waals surface area contributed by atoms with Crippen LogP contribution in [0, 0.1) is 5.41 Å². The highest BCUT2D eigenvalue weighted by Crippen LogP contribution is 2.39. The van der Waals surface area contributed by atoms with Crippen LogP contribution in [0.5, 0.6) is 5.75 Å². The second kappa shape index (κ2) is 9.00. The maximum Gasteiger partial charge on any atom is 0.251 e. The lowest BCUT2D eigenvalue weighted by molar-refractivity contribution is -0.133. The van der Waals surface area contributed by atoms with E-state index in [1.807, 2.05) is 38.1 Å². The zero-order valence-corrected chi connectivity index (χ0v) is 20.3. The summed E-state index contributed by atoms with van der Waals surface area (Å²) in [6, 6.07) is 12.5. The molecule has 5 N–H and O–H groups in total. The van der Waals surface area contributed by atoms with E-state index in [4.69, 9.17) is 15.9 Å². The molecule has 3 atom stereocenters. The molecule has 1 aliphatic carbocycles. The van der Waals surface area contributed by atoms with Crippen molar-refractivity contribution >= 4 is 17.8 Å². The summed E-state index contributed by atoms with van der Waals surface area (Å²) >= 11 is 0. The topological polar surface area (TPSA) is 121 Å². The number of nitrogens with zero attached hydrogens (tertiary/aromatic N) is 1. The Morgan fingerprint density at radius 2 is 2.00 bits per heavy atom. The van der Waals surface area contributed by atoms with E-state index in [1.165, 1.54) is 4.90 Å². The third kappa shape index (κ3) is 4.05. The molecule has 0 bridgehead atoms. The summed E-state index contributed by atoms with van der Waals surface area (Å²) in [5.74, 6) is 0.470. The Kier molecular flexibility index (Phi) is 6.01. The first-order valence-electron chi connectivity index (χ1n) is 12.5. The van der Waals surface area contributed by atoms with Crippen LogP contribution in [0.15, 0.2) is 42.5 Å². The molecule has 35 heavy (non-hydrogen) atoms. The minimum Gasteiger partial charge on any atom is -0.493 e. The first-order chi connectivity index (χ1) is 16.9. The molecule has 0 aromatic heterocycles. The minimum absolute atomic E-state index is 0.0707. The molecule has 3 aliphatic rings. The summed E-state index contributed by atoms with van der Waals surface area (Å²) < 4.78 is 5.85. The van der Waals surface area contributed by atoms with Gasteiger partial charge in [0.05, 0.1) is 25.1 Å². The number of rotatable bonds is 5. The van der Waals surface area contributed by atoms with Crippen LogP contribution >= 0.6 is 0 Å². The lowest BCUT2D eigenvalue weighted by atomic mass is 9.85. The quantitative estimate of drug-likeness (QED) is 0.529. The van der Waals surface area contributed by atoms with E-state index < -0.39 is 0 Å². The largest absolute Gasteiger partial charge is 0.493 e. The summed E-state index contributed by atoms with van der Waals surface area (Å²) in [7, 11) is 0. The van der Waals surface area contributed by atoms with E-state index in [1.54, 1.807) is 18.2 Å². The van der Waals surface area contributed by atoms with Gasteiger partial charge in [-0.3, -0.25) is 19.9 Å². The van der Waals surface area contributed by atoms with Gasteiger partial charge in [-0.2, -0.15) is 0 Å². The van der Waals surface area contributed by atoms with Crippen molar-refractivity contribution in [2.75, 3.05) is 6.61 Å². The summed E-state index contributed by atoms with van der Waals surface area (Å²) in [6.45, 7) is 4.52. The van der Waals surface area contributed by atoms with Gasteiger partial charge in [-0.15, -0.1) is 0 Å². The van der Waals surface area contributed by atoms with Crippen LogP contribution < -0.4 is 21.1 Å². The molecule has 2 heterocycles. The van der Waals surface area contributed by atoms with Crippen molar-refractivity contribution < 1.29 is 14.3 Å². The molecule has 0 radical (unpaired) electrons. The Bertz CT molecular complexity index is 1160. The molecule has 2 aromatic carbocycles. The van der Waals surface area contributed by atoms with Gasteiger partial charge < -0.3 is 21.1 Å². The van der Waals surface area contributed by atoms with Crippen molar-refractivity contribution in [1.82, 2.24) is 15.5 Å². The molecule has 0 spiro atoms. The van der Waals surface area contributed by atoms with Crippen molar-refractivity contribution in [3.63, 3.8) is 0 Å². The second-order valence-corrected chi connectivity index (χ2v) is 9.83. The van der Waals surface area contributed by atoms with Crippen LogP contribution in [0.2, 0.25) is 0 Å². The highest BCUT2D eigenvalue weighted by Gasteiger charge is 2.43. The molecular weight excluding hydrogens is 442 g/mol. The van der Waals surface area contributed by atoms with E-state index in [2.05, 4.69) is 10.6 Å². The van der Waals surface area contributed by atoms with Crippen LogP contribution in [-0.4, -0.2) is 40.9 Å². The van der Waals surface area contributed by atoms with Gasteiger partial charge in [-0.25, -0.2) is 0 Å². The number of carbonyl (C=O) groups excluding carboxylic acids is 2. The predicted octanol–water partition coefficient (Wildman–Crippen LogP) is 3.18. The van der Waals surface area contributed by atoms with Crippen LogP contribution in [-0.2, 0) is 11.2 Å². The molecule has 5 rings (SSSR count). The van der Waals surface area contributed by atoms with E-state index >= 15 is 0 Å². The summed E-state index contributed by atoms with van der Waals surface area (Å²) in [6.07, 6.45) is 3.16. The molecule has 0 unspecified atom stereocenters. The lowest BCUT2D eigenvalue weighted by Gasteiger charge is -2.45. The van der Waals surface area contributed by atoms with E-state index in [0.29, 0.717) is 30.8 Å². The fourth-order valence-electron chi connectivity index (χ4n) is 5.68. The lowest BCUT2D eigenvalue weighted by Crippen LogP contribution is -2.62. The van der Waals surface area contributed by atoms with Crippen LogP contribution in [0.25, 0.3) is 0 Å². The zero-order chi connectivity index (χ0) is 24.7. The number of ether oxygens (including phenoxy) is 1. The molecule has 1 fully saturated rings. The number of amides is 2. The molecule has 8 heteroatoms. The molecule has 184 valence electrons. The van der Waals surface area contributed by atoms with Gasteiger partial charge in [0.1, 0.15) is 5.75 Å². The Morgan fingerprint density at radius 1 is 1.23 bits per heavy atom. The Morgan fingerprint density at radius 3 is 2.74 bits per heavy atom. The summed E-state index contributed by atoms with van der Waals surface area (Å²) in [4.78, 5) is 28.1. The van der Waals surface area contributed by atoms with E-state index in [-0.39, 0.29) is 41.4 Å². The fourth-order valence-corrected chi connectivity index (χ4v) is 5.68. The number of hydrogen-bond donors (Lipinski definition) is 4. The number of guanidine groups is 1. The predicted molar refractivity (Wildman–Crippen MR) is 133 cm³/mol. The average Bonchev–Trinajstić information content (AvgIpc) is 3.18. The smallest absolute Gasteiger partial charge is 0.251 e. The Labute approximate surface area is 205 Å². The molecule has 2 aliphatic heterocycles. The number of benzene rings is 2. The third-order valence-electron chi connectivity index (χ3n) is 7.89. The van der Waals surface area contributed by atoms with Gasteiger partial charge in [0.25, 0.3) is 5.91 Å². The monoisotopic (exact) mass is 475 g/mol. The molecular formula is C27H33N5O3. The number of nitrogens with two attached hydrogens (primary N) is 1. The molecule has 2 amide bonds. The maximum absolute atomic E-state index is 13.3. The minimum atomic E-state index is -0.378. The Hall–Kier alpha value is -3.39. The first kappa shape index (κ1) is 23.4.